The molecule has 1 aliphatic rings. The molecule has 0 aromatic heterocycles. The van der Waals surface area contributed by atoms with E-state index in [2.05, 4.69) is 54.4 Å². The fourth-order valence-corrected chi connectivity index (χ4v) is 2.83. The predicted molar refractivity (Wildman–Crippen MR) is 74.5 cm³/mol. The molecule has 1 N–H and O–H groups in total. The van der Waals surface area contributed by atoms with Crippen LogP contribution in [0.3, 0.4) is 0 Å². The van der Waals surface area contributed by atoms with Gasteiger partial charge in [-0.1, -0.05) is 25.1 Å². The third-order valence-electron chi connectivity index (χ3n) is 3.65. The van der Waals surface area contributed by atoms with Gasteiger partial charge in [-0.05, 0) is 44.4 Å². The minimum absolute atomic E-state index is 0.653. The van der Waals surface area contributed by atoms with Crippen molar-refractivity contribution in [2.24, 2.45) is 5.92 Å². The molecule has 1 heterocycles. The molecule has 1 saturated heterocycles. The number of nitrogens with zero attached hydrogens (tertiary/aromatic N) is 1. The molecule has 0 saturated carbocycles. The van der Waals surface area contributed by atoms with Gasteiger partial charge in [0.15, 0.2) is 0 Å². The molecule has 1 aliphatic heterocycles. The molecular weight excluding hydrogens is 208 g/mol. The molecule has 2 heteroatoms. The third kappa shape index (κ3) is 3.47. The van der Waals surface area contributed by atoms with Crippen LogP contribution in [-0.2, 0) is 0 Å². The molecule has 2 atom stereocenters. The maximum Gasteiger partial charge on any atom is 0.0366 e. The van der Waals surface area contributed by atoms with Gasteiger partial charge in [-0.25, -0.2) is 0 Å². The molecule has 2 rings (SSSR count). The van der Waals surface area contributed by atoms with Crippen molar-refractivity contribution in [2.45, 2.75) is 32.7 Å². The van der Waals surface area contributed by atoms with Gasteiger partial charge in [0.05, 0.1) is 0 Å². The van der Waals surface area contributed by atoms with Crippen molar-refractivity contribution in [3.8, 4) is 0 Å². The first-order chi connectivity index (χ1) is 8.29. The smallest absolute Gasteiger partial charge is 0.0366 e. The van der Waals surface area contributed by atoms with Crippen LogP contribution in [-0.4, -0.2) is 25.7 Å². The standard InChI is InChI=1S/C15H24N2/c1-3-16-13(2)11-14-9-10-17(12-14)15-7-5-4-6-8-15/h4-8,13-14,16H,3,9-12H2,1-2H3. The number of nitrogens with one attached hydrogen (secondary N) is 1. The zero-order valence-electron chi connectivity index (χ0n) is 11.0. The highest BCUT2D eigenvalue weighted by Crippen LogP contribution is 2.26. The number of rotatable bonds is 5. The molecule has 0 bridgehead atoms. The average molecular weight is 232 g/mol. The molecule has 2 nitrogen and oxygen atoms in total. The molecule has 94 valence electrons. The summed E-state index contributed by atoms with van der Waals surface area (Å²) in [5.41, 5.74) is 1.38. The van der Waals surface area contributed by atoms with Gasteiger partial charge in [-0.15, -0.1) is 0 Å². The Hall–Kier alpha value is -1.02. The van der Waals surface area contributed by atoms with E-state index in [0.29, 0.717) is 6.04 Å². The Morgan fingerprint density at radius 3 is 2.82 bits per heavy atom. The van der Waals surface area contributed by atoms with E-state index >= 15 is 0 Å². The molecule has 1 aromatic carbocycles. The van der Waals surface area contributed by atoms with Crippen molar-refractivity contribution < 1.29 is 0 Å². The second-order valence-corrected chi connectivity index (χ2v) is 5.13. The summed E-state index contributed by atoms with van der Waals surface area (Å²) in [5.74, 6) is 0.851. The third-order valence-corrected chi connectivity index (χ3v) is 3.65. The molecule has 2 unspecified atom stereocenters. The summed E-state index contributed by atoms with van der Waals surface area (Å²) in [6, 6.07) is 11.4. The van der Waals surface area contributed by atoms with Crippen LogP contribution in [0.2, 0.25) is 0 Å². The molecule has 0 radical (unpaired) electrons. The summed E-state index contributed by atoms with van der Waals surface area (Å²) in [6.07, 6.45) is 2.64. The number of para-hydroxylation sites is 1. The van der Waals surface area contributed by atoms with E-state index in [1.54, 1.807) is 0 Å². The Kier molecular flexibility index (Phi) is 4.43. The molecule has 1 fully saturated rings. The maximum absolute atomic E-state index is 3.51. The van der Waals surface area contributed by atoms with Crippen molar-refractivity contribution >= 4 is 5.69 Å². The summed E-state index contributed by atoms with van der Waals surface area (Å²) in [5, 5.41) is 3.51. The summed E-state index contributed by atoms with van der Waals surface area (Å²) in [6.45, 7) is 8.00. The van der Waals surface area contributed by atoms with Crippen LogP contribution < -0.4 is 10.2 Å². The van der Waals surface area contributed by atoms with Gasteiger partial charge in [0.2, 0.25) is 0 Å². The minimum atomic E-state index is 0.653. The summed E-state index contributed by atoms with van der Waals surface area (Å²) >= 11 is 0. The maximum atomic E-state index is 3.51. The van der Waals surface area contributed by atoms with E-state index < -0.39 is 0 Å². The van der Waals surface area contributed by atoms with E-state index in [-0.39, 0.29) is 0 Å². The highest BCUT2D eigenvalue weighted by Gasteiger charge is 2.23. The highest BCUT2D eigenvalue weighted by molar-refractivity contribution is 5.46. The van der Waals surface area contributed by atoms with Crippen LogP contribution in [0.4, 0.5) is 5.69 Å². The van der Waals surface area contributed by atoms with Gasteiger partial charge in [0, 0.05) is 24.8 Å². The topological polar surface area (TPSA) is 15.3 Å². The Balaban J connectivity index is 1.83. The fourth-order valence-electron chi connectivity index (χ4n) is 2.83. The van der Waals surface area contributed by atoms with E-state index in [1.807, 2.05) is 0 Å². The lowest BCUT2D eigenvalue weighted by Crippen LogP contribution is -2.29. The molecular formula is C15H24N2. The second kappa shape index (κ2) is 6.06. The first kappa shape index (κ1) is 12.4. The summed E-state index contributed by atoms with van der Waals surface area (Å²) in [4.78, 5) is 2.52. The zero-order valence-corrected chi connectivity index (χ0v) is 11.0. The SMILES string of the molecule is CCNC(C)CC1CCN(c2ccccc2)C1. The summed E-state index contributed by atoms with van der Waals surface area (Å²) < 4.78 is 0. The number of hydrogen-bond acceptors (Lipinski definition) is 2. The van der Waals surface area contributed by atoms with Gasteiger partial charge >= 0.3 is 0 Å². The van der Waals surface area contributed by atoms with Crippen LogP contribution in [0, 0.1) is 5.92 Å². The van der Waals surface area contributed by atoms with Crippen molar-refractivity contribution in [1.29, 1.82) is 0 Å². The highest BCUT2D eigenvalue weighted by atomic mass is 15.1. The second-order valence-electron chi connectivity index (χ2n) is 5.13. The molecule has 0 amide bonds. The van der Waals surface area contributed by atoms with Crippen molar-refractivity contribution in [3.05, 3.63) is 30.3 Å². The van der Waals surface area contributed by atoms with Crippen molar-refractivity contribution in [2.75, 3.05) is 24.5 Å². The van der Waals surface area contributed by atoms with Crippen LogP contribution in [0.25, 0.3) is 0 Å². The van der Waals surface area contributed by atoms with Gasteiger partial charge < -0.3 is 10.2 Å². The molecule has 17 heavy (non-hydrogen) atoms. The lowest BCUT2D eigenvalue weighted by Gasteiger charge is -2.20. The van der Waals surface area contributed by atoms with Gasteiger partial charge in [-0.2, -0.15) is 0 Å². The number of hydrogen-bond donors (Lipinski definition) is 1. The largest absolute Gasteiger partial charge is 0.371 e. The molecule has 0 spiro atoms. The summed E-state index contributed by atoms with van der Waals surface area (Å²) in [7, 11) is 0. The quantitative estimate of drug-likeness (QED) is 0.839. The Bertz CT molecular complexity index is 323. The van der Waals surface area contributed by atoms with Crippen LogP contribution >= 0.6 is 0 Å². The zero-order chi connectivity index (χ0) is 12.1. The molecule has 0 aliphatic carbocycles. The van der Waals surface area contributed by atoms with Crippen LogP contribution in [0.1, 0.15) is 26.7 Å². The van der Waals surface area contributed by atoms with E-state index in [4.69, 9.17) is 0 Å². The van der Waals surface area contributed by atoms with E-state index in [1.165, 1.54) is 31.6 Å². The average Bonchev–Trinajstić information content (AvgIpc) is 2.79. The monoisotopic (exact) mass is 232 g/mol. The fraction of sp³-hybridized carbons (Fsp3) is 0.600. The van der Waals surface area contributed by atoms with E-state index in [9.17, 15) is 0 Å². The van der Waals surface area contributed by atoms with Crippen molar-refractivity contribution in [1.82, 2.24) is 5.32 Å². The normalized spacial score (nSPS) is 21.8. The van der Waals surface area contributed by atoms with Crippen molar-refractivity contribution in [3.63, 3.8) is 0 Å². The predicted octanol–water partition coefficient (Wildman–Crippen LogP) is 2.90. The van der Waals surface area contributed by atoms with Crippen LogP contribution in [0.15, 0.2) is 30.3 Å². The minimum Gasteiger partial charge on any atom is -0.371 e. The lowest BCUT2D eigenvalue weighted by molar-refractivity contribution is 0.430. The number of benzene rings is 1. The van der Waals surface area contributed by atoms with E-state index in [0.717, 1.165) is 12.5 Å². The van der Waals surface area contributed by atoms with Gasteiger partial charge in [-0.3, -0.25) is 0 Å². The Morgan fingerprint density at radius 2 is 2.12 bits per heavy atom. The first-order valence-electron chi connectivity index (χ1n) is 6.83. The Labute approximate surface area is 105 Å². The van der Waals surface area contributed by atoms with Gasteiger partial charge in [0.1, 0.15) is 0 Å². The van der Waals surface area contributed by atoms with Gasteiger partial charge in [0.25, 0.3) is 0 Å². The lowest BCUT2D eigenvalue weighted by atomic mass is 10.0. The molecule has 1 aromatic rings. The Morgan fingerprint density at radius 1 is 1.35 bits per heavy atom. The number of anilines is 1. The van der Waals surface area contributed by atoms with Crippen LogP contribution in [0.5, 0.6) is 0 Å². The first-order valence-corrected chi connectivity index (χ1v) is 6.83.